The fourth-order valence-electron chi connectivity index (χ4n) is 1.65. The summed E-state index contributed by atoms with van der Waals surface area (Å²) in [6.45, 7) is 3.82. The summed E-state index contributed by atoms with van der Waals surface area (Å²) in [5.74, 6) is 0.438. The number of carbonyl (C=O) groups excluding carboxylic acids is 1. The van der Waals surface area contributed by atoms with E-state index in [4.69, 9.17) is 21.1 Å². The Morgan fingerprint density at radius 2 is 2.32 bits per heavy atom. The molecular weight excluding hydrogens is 308 g/mol. The Morgan fingerprint density at radius 1 is 1.50 bits per heavy atom. The fraction of sp³-hybridized carbons (Fsp3) is 0.214. The zero-order valence-electron chi connectivity index (χ0n) is 12.1. The van der Waals surface area contributed by atoms with Gasteiger partial charge in [0.05, 0.1) is 6.54 Å². The van der Waals surface area contributed by atoms with E-state index in [1.165, 1.54) is 19.2 Å². The molecule has 116 valence electrons. The van der Waals surface area contributed by atoms with E-state index in [0.29, 0.717) is 23.1 Å². The second kappa shape index (κ2) is 7.58. The van der Waals surface area contributed by atoms with Crippen LogP contribution in [0.2, 0.25) is 5.02 Å². The Labute approximate surface area is 132 Å². The minimum atomic E-state index is -0.230. The lowest BCUT2D eigenvalue weighted by Crippen LogP contribution is -2.11. The van der Waals surface area contributed by atoms with Crippen molar-refractivity contribution < 1.29 is 14.3 Å². The summed E-state index contributed by atoms with van der Waals surface area (Å²) in [6, 6.07) is 7.14. The van der Waals surface area contributed by atoms with Crippen molar-refractivity contribution in [2.24, 2.45) is 5.16 Å². The number of nitrogens with one attached hydrogen (secondary N) is 2. The number of halogens is 1. The molecule has 1 amide bonds. The Bertz CT molecular complexity index is 684. The third-order valence-electron chi connectivity index (χ3n) is 2.70. The van der Waals surface area contributed by atoms with Crippen LogP contribution in [0.4, 0.5) is 5.82 Å². The fourth-order valence-corrected chi connectivity index (χ4v) is 1.84. The summed E-state index contributed by atoms with van der Waals surface area (Å²) in [7, 11) is 0. The number of hydroxylamine groups is 1. The quantitative estimate of drug-likeness (QED) is 0.485. The average Bonchev–Trinajstić information content (AvgIpc) is 2.89. The van der Waals surface area contributed by atoms with Gasteiger partial charge in [-0.3, -0.25) is 9.73 Å². The highest BCUT2D eigenvalue weighted by atomic mass is 35.5. The maximum absolute atomic E-state index is 10.8. The van der Waals surface area contributed by atoms with Crippen molar-refractivity contribution >= 4 is 29.5 Å². The second-order valence-electron chi connectivity index (χ2n) is 4.51. The van der Waals surface area contributed by atoms with Crippen LogP contribution >= 0.6 is 11.6 Å². The Morgan fingerprint density at radius 3 is 3.09 bits per heavy atom. The van der Waals surface area contributed by atoms with E-state index in [-0.39, 0.29) is 5.91 Å². The van der Waals surface area contributed by atoms with Gasteiger partial charge in [-0.2, -0.15) is 0 Å². The third kappa shape index (κ3) is 4.87. The molecule has 0 aliphatic heterocycles. The van der Waals surface area contributed by atoms with Crippen molar-refractivity contribution in [1.82, 2.24) is 10.6 Å². The predicted molar refractivity (Wildman–Crippen MR) is 82.5 cm³/mol. The van der Waals surface area contributed by atoms with Crippen molar-refractivity contribution in [2.75, 3.05) is 5.32 Å². The molecule has 1 aromatic heterocycles. The number of carbonyl (C=O) groups is 1. The van der Waals surface area contributed by atoms with E-state index in [9.17, 15) is 4.79 Å². The SMILES string of the molecule is CC(=O)Nc1cc(/C=N/ONCc2cc(Cl)ccc2C)on1. The second-order valence-corrected chi connectivity index (χ2v) is 4.95. The highest BCUT2D eigenvalue weighted by molar-refractivity contribution is 6.30. The molecule has 0 aliphatic carbocycles. The molecule has 0 saturated carbocycles. The molecule has 2 rings (SSSR count). The standard InChI is InChI=1S/C14H15ClN4O3/c1-9-3-4-12(15)5-11(9)7-16-22-17-8-13-6-14(19-21-13)18-10(2)20/h3-6,8,16H,7H2,1-2H3,(H,18,19,20)/b17-8+. The highest BCUT2D eigenvalue weighted by Crippen LogP contribution is 2.15. The topological polar surface area (TPSA) is 88.8 Å². The number of hydrogen-bond donors (Lipinski definition) is 2. The molecule has 0 atom stereocenters. The smallest absolute Gasteiger partial charge is 0.222 e. The van der Waals surface area contributed by atoms with Crippen LogP contribution in [-0.4, -0.2) is 17.3 Å². The van der Waals surface area contributed by atoms with Gasteiger partial charge in [0.2, 0.25) is 5.91 Å². The molecule has 2 aromatic rings. The predicted octanol–water partition coefficient (Wildman–Crippen LogP) is 2.65. The van der Waals surface area contributed by atoms with E-state index in [1.807, 2.05) is 25.1 Å². The van der Waals surface area contributed by atoms with Gasteiger partial charge in [0.25, 0.3) is 0 Å². The molecule has 0 radical (unpaired) electrons. The number of aromatic nitrogens is 1. The molecule has 0 aliphatic rings. The molecule has 0 spiro atoms. The van der Waals surface area contributed by atoms with Gasteiger partial charge in [-0.15, -0.1) is 5.48 Å². The lowest BCUT2D eigenvalue weighted by atomic mass is 10.1. The van der Waals surface area contributed by atoms with Gasteiger partial charge >= 0.3 is 0 Å². The molecule has 1 heterocycles. The van der Waals surface area contributed by atoms with Crippen molar-refractivity contribution in [3.8, 4) is 0 Å². The van der Waals surface area contributed by atoms with Gasteiger partial charge < -0.3 is 9.84 Å². The lowest BCUT2D eigenvalue weighted by Gasteiger charge is -2.05. The maximum atomic E-state index is 10.8. The largest absolute Gasteiger partial charge is 0.353 e. The number of rotatable bonds is 6. The van der Waals surface area contributed by atoms with Crippen LogP contribution in [0.25, 0.3) is 0 Å². The normalized spacial score (nSPS) is 10.9. The Kier molecular flexibility index (Phi) is 5.51. The summed E-state index contributed by atoms with van der Waals surface area (Å²) in [6.07, 6.45) is 1.33. The first-order valence-corrected chi connectivity index (χ1v) is 6.84. The lowest BCUT2D eigenvalue weighted by molar-refractivity contribution is -0.114. The molecule has 0 fully saturated rings. The van der Waals surface area contributed by atoms with Gasteiger partial charge in [0.15, 0.2) is 11.6 Å². The minimum absolute atomic E-state index is 0.230. The molecule has 7 nitrogen and oxygen atoms in total. The van der Waals surface area contributed by atoms with E-state index < -0.39 is 0 Å². The summed E-state index contributed by atoms with van der Waals surface area (Å²) < 4.78 is 4.93. The van der Waals surface area contributed by atoms with Gasteiger partial charge in [-0.25, -0.2) is 0 Å². The van der Waals surface area contributed by atoms with E-state index in [2.05, 4.69) is 21.1 Å². The Balaban J connectivity index is 1.79. The van der Waals surface area contributed by atoms with Crippen molar-refractivity contribution in [3.05, 3.63) is 46.2 Å². The third-order valence-corrected chi connectivity index (χ3v) is 2.94. The average molecular weight is 323 g/mol. The van der Waals surface area contributed by atoms with Crippen LogP contribution in [0, 0.1) is 6.92 Å². The number of benzene rings is 1. The summed E-state index contributed by atoms with van der Waals surface area (Å²) in [5, 5.41) is 10.5. The van der Waals surface area contributed by atoms with E-state index in [0.717, 1.165) is 11.1 Å². The highest BCUT2D eigenvalue weighted by Gasteiger charge is 2.03. The number of oxime groups is 1. The van der Waals surface area contributed by atoms with Crippen LogP contribution in [-0.2, 0) is 16.3 Å². The van der Waals surface area contributed by atoms with Gasteiger partial charge in [0, 0.05) is 18.0 Å². The number of amides is 1. The van der Waals surface area contributed by atoms with Crippen molar-refractivity contribution in [1.29, 1.82) is 0 Å². The first-order chi connectivity index (χ1) is 10.5. The molecule has 1 aromatic carbocycles. The Hall–Kier alpha value is -2.38. The molecule has 0 saturated heterocycles. The molecule has 8 heteroatoms. The number of nitrogens with zero attached hydrogens (tertiary/aromatic N) is 2. The van der Waals surface area contributed by atoms with E-state index >= 15 is 0 Å². The first-order valence-electron chi connectivity index (χ1n) is 6.46. The van der Waals surface area contributed by atoms with Crippen LogP contribution in [0.1, 0.15) is 23.8 Å². The minimum Gasteiger partial charge on any atom is -0.353 e. The maximum Gasteiger partial charge on any atom is 0.222 e. The molecular formula is C14H15ClN4O3. The number of hydrogen-bond acceptors (Lipinski definition) is 6. The zero-order chi connectivity index (χ0) is 15.9. The van der Waals surface area contributed by atoms with Crippen LogP contribution in [0.3, 0.4) is 0 Å². The molecule has 0 unspecified atom stereocenters. The van der Waals surface area contributed by atoms with Crippen LogP contribution < -0.4 is 10.8 Å². The van der Waals surface area contributed by atoms with Crippen molar-refractivity contribution in [3.63, 3.8) is 0 Å². The van der Waals surface area contributed by atoms with Gasteiger partial charge in [-0.1, -0.05) is 28.0 Å². The van der Waals surface area contributed by atoms with Crippen LogP contribution in [0.5, 0.6) is 0 Å². The van der Waals surface area contributed by atoms with E-state index in [1.54, 1.807) is 0 Å². The summed E-state index contributed by atoms with van der Waals surface area (Å²) in [5.41, 5.74) is 4.80. The number of aryl methyl sites for hydroxylation is 1. The monoisotopic (exact) mass is 322 g/mol. The first kappa shape index (κ1) is 16.0. The summed E-state index contributed by atoms with van der Waals surface area (Å²) >= 11 is 5.93. The molecule has 2 N–H and O–H groups in total. The van der Waals surface area contributed by atoms with Gasteiger partial charge in [-0.05, 0) is 30.2 Å². The zero-order valence-corrected chi connectivity index (χ0v) is 12.8. The van der Waals surface area contributed by atoms with Crippen LogP contribution in [0.15, 0.2) is 33.9 Å². The molecule has 0 bridgehead atoms. The van der Waals surface area contributed by atoms with Crippen molar-refractivity contribution in [2.45, 2.75) is 20.4 Å². The number of anilines is 1. The molecule has 22 heavy (non-hydrogen) atoms. The van der Waals surface area contributed by atoms with Gasteiger partial charge in [0.1, 0.15) is 6.21 Å². The summed E-state index contributed by atoms with van der Waals surface area (Å²) in [4.78, 5) is 15.8.